The van der Waals surface area contributed by atoms with Crippen LogP contribution in [0.2, 0.25) is 5.02 Å². The minimum atomic E-state index is 0.412. The Hall–Kier alpha value is -2.50. The van der Waals surface area contributed by atoms with Gasteiger partial charge < -0.3 is 5.73 Å². The summed E-state index contributed by atoms with van der Waals surface area (Å²) in [5.41, 5.74) is 10.4. The molecular weight excluding hydrogens is 400 g/mol. The molecule has 2 N–H and O–H groups in total. The van der Waals surface area contributed by atoms with Crippen molar-refractivity contribution < 1.29 is 0 Å². The summed E-state index contributed by atoms with van der Waals surface area (Å²) in [4.78, 5) is 13.1. The molecule has 4 aromatic rings. The van der Waals surface area contributed by atoms with Crippen molar-refractivity contribution in [3.8, 4) is 22.4 Å². The quantitative estimate of drug-likeness (QED) is 0.482. The van der Waals surface area contributed by atoms with Gasteiger partial charge in [-0.1, -0.05) is 51.8 Å². The van der Waals surface area contributed by atoms with E-state index in [0.717, 1.165) is 32.2 Å². The molecule has 6 heteroatoms. The molecule has 4 nitrogen and oxygen atoms in total. The molecule has 0 aliphatic heterocycles. The highest BCUT2D eigenvalue weighted by molar-refractivity contribution is 9.10. The zero-order valence-corrected chi connectivity index (χ0v) is 15.3. The zero-order valence-electron chi connectivity index (χ0n) is 12.9. The third kappa shape index (κ3) is 3.08. The van der Waals surface area contributed by atoms with Gasteiger partial charge >= 0.3 is 0 Å². The molecule has 2 heterocycles. The Balaban J connectivity index is 2.03. The molecule has 2 aromatic heterocycles. The number of nitrogens with zero attached hydrogens (tertiary/aromatic N) is 3. The average molecular weight is 412 g/mol. The van der Waals surface area contributed by atoms with Crippen LogP contribution in [0.25, 0.3) is 33.4 Å². The highest BCUT2D eigenvalue weighted by Gasteiger charge is 2.13. The maximum atomic E-state index is 6.12. The lowest BCUT2D eigenvalue weighted by molar-refractivity contribution is 1.19. The van der Waals surface area contributed by atoms with Crippen LogP contribution >= 0.6 is 27.5 Å². The van der Waals surface area contributed by atoms with Crippen molar-refractivity contribution >= 4 is 44.4 Å². The van der Waals surface area contributed by atoms with E-state index < -0.39 is 0 Å². The van der Waals surface area contributed by atoms with E-state index in [1.54, 1.807) is 0 Å². The minimum Gasteiger partial charge on any atom is -0.383 e. The number of hydrogen-bond acceptors (Lipinski definition) is 4. The van der Waals surface area contributed by atoms with Crippen molar-refractivity contribution in [2.24, 2.45) is 0 Å². The molecule has 0 aliphatic carbocycles. The molecular formula is C19H12BrClN4. The van der Waals surface area contributed by atoms with E-state index in [0.29, 0.717) is 16.5 Å². The smallest absolute Gasteiger partial charge is 0.165 e. The molecule has 25 heavy (non-hydrogen) atoms. The lowest BCUT2D eigenvalue weighted by Crippen LogP contribution is -1.98. The molecule has 0 bridgehead atoms. The molecule has 0 unspecified atom stereocenters. The van der Waals surface area contributed by atoms with Gasteiger partial charge in [-0.15, -0.1) is 0 Å². The second kappa shape index (κ2) is 6.43. The molecule has 0 amide bonds. The van der Waals surface area contributed by atoms with E-state index >= 15 is 0 Å². The number of nitrogens with two attached hydrogens (primary N) is 1. The summed E-state index contributed by atoms with van der Waals surface area (Å²) in [6.07, 6.45) is 1.43. The fourth-order valence-corrected chi connectivity index (χ4v) is 3.27. The van der Waals surface area contributed by atoms with Crippen LogP contribution in [-0.4, -0.2) is 15.0 Å². The first-order chi connectivity index (χ1) is 12.1. The number of halogens is 2. The van der Waals surface area contributed by atoms with Crippen LogP contribution in [0.15, 0.2) is 65.4 Å². The molecule has 0 aliphatic rings. The predicted molar refractivity (Wildman–Crippen MR) is 105 cm³/mol. The zero-order chi connectivity index (χ0) is 17.4. The van der Waals surface area contributed by atoms with E-state index in [-0.39, 0.29) is 0 Å². The SMILES string of the molecule is Nc1ncnc2nc(-c3ccc(Cl)cc3)cc(-c3cccc(Br)c3)c12. The molecule has 4 rings (SSSR count). The number of rotatable bonds is 2. The molecule has 0 atom stereocenters. The molecule has 0 saturated heterocycles. The minimum absolute atomic E-state index is 0.412. The molecule has 0 spiro atoms. The van der Waals surface area contributed by atoms with Gasteiger partial charge in [-0.25, -0.2) is 15.0 Å². The summed E-state index contributed by atoms with van der Waals surface area (Å²) in [5.74, 6) is 0.412. The van der Waals surface area contributed by atoms with Gasteiger partial charge in [0.15, 0.2) is 5.65 Å². The number of anilines is 1. The van der Waals surface area contributed by atoms with E-state index in [4.69, 9.17) is 17.3 Å². The van der Waals surface area contributed by atoms with Gasteiger partial charge in [-0.3, -0.25) is 0 Å². The van der Waals surface area contributed by atoms with Crippen LogP contribution in [0.1, 0.15) is 0 Å². The molecule has 2 aromatic carbocycles. The van der Waals surface area contributed by atoms with Crippen LogP contribution < -0.4 is 5.73 Å². The number of pyridine rings is 1. The van der Waals surface area contributed by atoms with Crippen molar-refractivity contribution in [1.82, 2.24) is 15.0 Å². The van der Waals surface area contributed by atoms with Crippen molar-refractivity contribution in [2.75, 3.05) is 5.73 Å². The summed E-state index contributed by atoms with van der Waals surface area (Å²) in [6, 6.07) is 17.6. The van der Waals surface area contributed by atoms with Gasteiger partial charge in [0.25, 0.3) is 0 Å². The highest BCUT2D eigenvalue weighted by atomic mass is 79.9. The summed E-state index contributed by atoms with van der Waals surface area (Å²) in [6.45, 7) is 0. The molecule has 0 fully saturated rings. The van der Waals surface area contributed by atoms with Gasteiger partial charge in [-0.05, 0) is 41.5 Å². The van der Waals surface area contributed by atoms with Gasteiger partial charge in [0, 0.05) is 15.1 Å². The lowest BCUT2D eigenvalue weighted by Gasteiger charge is -2.11. The van der Waals surface area contributed by atoms with Crippen LogP contribution in [0.3, 0.4) is 0 Å². The normalized spacial score (nSPS) is 11.0. The van der Waals surface area contributed by atoms with E-state index in [9.17, 15) is 0 Å². The third-order valence-corrected chi connectivity index (χ3v) is 4.65. The van der Waals surface area contributed by atoms with Crippen LogP contribution in [0.4, 0.5) is 5.82 Å². The number of fused-ring (bicyclic) bond motifs is 1. The van der Waals surface area contributed by atoms with E-state index in [2.05, 4.69) is 30.9 Å². The van der Waals surface area contributed by atoms with Gasteiger partial charge in [0.2, 0.25) is 0 Å². The van der Waals surface area contributed by atoms with E-state index in [1.807, 2.05) is 54.6 Å². The first-order valence-corrected chi connectivity index (χ1v) is 8.72. The molecule has 122 valence electrons. The Morgan fingerprint density at radius 1 is 0.920 bits per heavy atom. The Bertz CT molecular complexity index is 1080. The highest BCUT2D eigenvalue weighted by Crippen LogP contribution is 2.34. The van der Waals surface area contributed by atoms with Crippen molar-refractivity contribution in [3.63, 3.8) is 0 Å². The lowest BCUT2D eigenvalue weighted by atomic mass is 10.00. The maximum Gasteiger partial charge on any atom is 0.165 e. The predicted octanol–water partition coefficient (Wildman–Crippen LogP) is 5.36. The average Bonchev–Trinajstić information content (AvgIpc) is 2.61. The number of hydrogen-bond donors (Lipinski definition) is 1. The van der Waals surface area contributed by atoms with Gasteiger partial charge in [-0.2, -0.15) is 0 Å². The maximum absolute atomic E-state index is 6.12. The Morgan fingerprint density at radius 3 is 2.48 bits per heavy atom. The first-order valence-electron chi connectivity index (χ1n) is 7.55. The van der Waals surface area contributed by atoms with Crippen molar-refractivity contribution in [1.29, 1.82) is 0 Å². The van der Waals surface area contributed by atoms with Crippen molar-refractivity contribution in [2.45, 2.75) is 0 Å². The standard InChI is InChI=1S/C19H12BrClN4/c20-13-3-1-2-12(8-13)15-9-16(11-4-6-14(21)7-5-11)25-19-17(15)18(22)23-10-24-19/h1-10H,(H2,22,23,24,25). The number of benzene rings is 2. The topological polar surface area (TPSA) is 64.7 Å². The van der Waals surface area contributed by atoms with E-state index in [1.165, 1.54) is 6.33 Å². The summed E-state index contributed by atoms with van der Waals surface area (Å²) in [5, 5.41) is 1.43. The molecule has 0 saturated carbocycles. The van der Waals surface area contributed by atoms with Crippen LogP contribution in [0.5, 0.6) is 0 Å². The Kier molecular flexibility index (Phi) is 4.11. The second-order valence-corrected chi connectivity index (χ2v) is 6.88. The Labute approximate surface area is 157 Å². The Morgan fingerprint density at radius 2 is 1.72 bits per heavy atom. The van der Waals surface area contributed by atoms with Crippen molar-refractivity contribution in [3.05, 3.63) is 70.4 Å². The largest absolute Gasteiger partial charge is 0.383 e. The second-order valence-electron chi connectivity index (χ2n) is 5.53. The summed E-state index contributed by atoms with van der Waals surface area (Å²) in [7, 11) is 0. The number of aromatic nitrogens is 3. The first kappa shape index (κ1) is 16.0. The number of nitrogen functional groups attached to an aromatic ring is 1. The monoisotopic (exact) mass is 410 g/mol. The fourth-order valence-electron chi connectivity index (χ4n) is 2.74. The fraction of sp³-hybridized carbons (Fsp3) is 0. The summed E-state index contributed by atoms with van der Waals surface area (Å²) >= 11 is 9.52. The summed E-state index contributed by atoms with van der Waals surface area (Å²) < 4.78 is 0.985. The van der Waals surface area contributed by atoms with Gasteiger partial charge in [0.1, 0.15) is 12.1 Å². The van der Waals surface area contributed by atoms with Gasteiger partial charge in [0.05, 0.1) is 11.1 Å². The third-order valence-electron chi connectivity index (χ3n) is 3.91. The van der Waals surface area contributed by atoms with Crippen LogP contribution in [0, 0.1) is 0 Å². The molecule has 0 radical (unpaired) electrons. The van der Waals surface area contributed by atoms with Crippen LogP contribution in [-0.2, 0) is 0 Å².